The average molecular weight is 338 g/mol. The third-order valence-corrected chi connectivity index (χ3v) is 4.76. The Balaban J connectivity index is 1.96. The second-order valence-electron chi connectivity index (χ2n) is 6.84. The van der Waals surface area contributed by atoms with Crippen molar-refractivity contribution in [2.45, 2.75) is 24.8 Å². The summed E-state index contributed by atoms with van der Waals surface area (Å²) in [5.74, 6) is 0.132. The predicted octanol–water partition coefficient (Wildman–Crippen LogP) is 2.48. The maximum Gasteiger partial charge on any atom is 0.264 e. The summed E-state index contributed by atoms with van der Waals surface area (Å²) < 4.78 is 0. The second kappa shape index (κ2) is 7.23. The Bertz CT molecular complexity index is 708. The van der Waals surface area contributed by atoms with Crippen molar-refractivity contribution in [3.05, 3.63) is 59.7 Å². The number of benzene rings is 1. The van der Waals surface area contributed by atoms with Gasteiger partial charge in [-0.15, -0.1) is 0 Å². The molecule has 1 aromatic rings. The minimum Gasteiger partial charge on any atom is -0.334 e. The van der Waals surface area contributed by atoms with Crippen molar-refractivity contribution in [1.29, 1.82) is 5.41 Å². The first kappa shape index (κ1) is 17.4. The lowest BCUT2D eigenvalue weighted by atomic mass is 9.80. The average Bonchev–Trinajstić information content (AvgIpc) is 2.88. The molecule has 1 fully saturated rings. The van der Waals surface area contributed by atoms with Gasteiger partial charge in [0, 0.05) is 6.54 Å². The lowest BCUT2D eigenvalue weighted by molar-refractivity contribution is -0.130. The van der Waals surface area contributed by atoms with Gasteiger partial charge in [0.15, 0.2) is 11.5 Å². The molecular weight excluding hydrogens is 312 g/mol. The molecule has 0 bridgehead atoms. The molecule has 0 spiro atoms. The summed E-state index contributed by atoms with van der Waals surface area (Å²) in [6, 6.07) is 9.76. The fraction of sp³-hybridized carbons (Fsp3) is 0.400. The number of hydrogen-bond acceptors (Lipinski definition) is 3. The highest BCUT2D eigenvalue weighted by Gasteiger charge is 2.52. The molecule has 1 heterocycles. The van der Waals surface area contributed by atoms with Crippen LogP contribution in [-0.2, 0) is 10.3 Å². The molecular formula is C20H26N4O. The van der Waals surface area contributed by atoms with Crippen molar-refractivity contribution in [3.63, 3.8) is 0 Å². The standard InChI is InChI=1S/C20H26N4O/c1-23(2)14-9-15-24-18(25)20(22-19(24)21,16-10-5-3-6-11-16)17-12-7-4-8-13-17/h3,5-7,10-13H,4,8-9,14-15H2,1-2H3,(H2,21,22). The number of hydrogen-bond donors (Lipinski definition) is 2. The molecule has 0 saturated carbocycles. The van der Waals surface area contributed by atoms with Crippen molar-refractivity contribution in [1.82, 2.24) is 15.1 Å². The zero-order valence-electron chi connectivity index (χ0n) is 15.0. The van der Waals surface area contributed by atoms with E-state index in [4.69, 9.17) is 5.41 Å². The molecule has 1 aliphatic heterocycles. The van der Waals surface area contributed by atoms with E-state index in [-0.39, 0.29) is 11.9 Å². The highest BCUT2D eigenvalue weighted by Crippen LogP contribution is 2.38. The molecule has 1 aliphatic carbocycles. The lowest BCUT2D eigenvalue weighted by Crippen LogP contribution is -2.45. The fourth-order valence-corrected chi connectivity index (χ4v) is 3.50. The van der Waals surface area contributed by atoms with E-state index in [9.17, 15) is 4.79 Å². The van der Waals surface area contributed by atoms with Crippen LogP contribution in [0.15, 0.2) is 54.1 Å². The zero-order valence-corrected chi connectivity index (χ0v) is 15.0. The molecule has 1 aromatic carbocycles. The van der Waals surface area contributed by atoms with Gasteiger partial charge in [-0.1, -0.05) is 48.6 Å². The molecule has 1 saturated heterocycles. The topological polar surface area (TPSA) is 59.4 Å². The number of guanidine groups is 1. The van der Waals surface area contributed by atoms with Gasteiger partial charge in [0.05, 0.1) is 0 Å². The number of carbonyl (C=O) groups excluding carboxylic acids is 1. The number of amides is 1. The zero-order chi connectivity index (χ0) is 17.9. The van der Waals surface area contributed by atoms with Crippen LogP contribution in [0.25, 0.3) is 0 Å². The monoisotopic (exact) mass is 338 g/mol. The number of allylic oxidation sites excluding steroid dienone is 2. The van der Waals surface area contributed by atoms with Gasteiger partial charge in [-0.2, -0.15) is 0 Å². The Hall–Kier alpha value is -2.40. The summed E-state index contributed by atoms with van der Waals surface area (Å²) in [6.07, 6.45) is 9.00. The normalized spacial score (nSPS) is 23.2. The SMILES string of the molecule is CN(C)CCCN1C(=N)NC(C2=CCCC=C2)(c2ccccc2)C1=O. The van der Waals surface area contributed by atoms with Crippen molar-refractivity contribution >= 4 is 11.9 Å². The Morgan fingerprint density at radius 2 is 2.00 bits per heavy atom. The van der Waals surface area contributed by atoms with Crippen molar-refractivity contribution in [2.24, 2.45) is 0 Å². The second-order valence-corrected chi connectivity index (χ2v) is 6.84. The third kappa shape index (κ3) is 3.24. The first-order valence-corrected chi connectivity index (χ1v) is 8.82. The van der Waals surface area contributed by atoms with E-state index in [1.165, 1.54) is 0 Å². The summed E-state index contributed by atoms with van der Waals surface area (Å²) in [6.45, 7) is 1.44. The van der Waals surface area contributed by atoms with Gasteiger partial charge in [0.25, 0.3) is 5.91 Å². The van der Waals surface area contributed by atoms with Crippen LogP contribution in [0.1, 0.15) is 24.8 Å². The van der Waals surface area contributed by atoms with E-state index in [1.54, 1.807) is 4.90 Å². The van der Waals surface area contributed by atoms with Crippen LogP contribution in [0.2, 0.25) is 0 Å². The minimum absolute atomic E-state index is 0.0553. The van der Waals surface area contributed by atoms with Gasteiger partial charge in [0.2, 0.25) is 0 Å². The highest BCUT2D eigenvalue weighted by molar-refractivity contribution is 6.10. The molecule has 2 aliphatic rings. The molecule has 3 rings (SSSR count). The van der Waals surface area contributed by atoms with E-state index in [0.717, 1.165) is 36.9 Å². The number of carbonyl (C=O) groups is 1. The number of nitrogens with zero attached hydrogens (tertiary/aromatic N) is 2. The van der Waals surface area contributed by atoms with Gasteiger partial charge in [-0.3, -0.25) is 15.1 Å². The molecule has 25 heavy (non-hydrogen) atoms. The molecule has 5 nitrogen and oxygen atoms in total. The molecule has 1 atom stereocenters. The molecule has 5 heteroatoms. The summed E-state index contributed by atoms with van der Waals surface area (Å²) in [4.78, 5) is 17.1. The van der Waals surface area contributed by atoms with E-state index in [1.807, 2.05) is 50.5 Å². The van der Waals surface area contributed by atoms with Gasteiger partial charge in [0.1, 0.15) is 0 Å². The van der Waals surface area contributed by atoms with E-state index < -0.39 is 5.54 Å². The molecule has 0 aromatic heterocycles. The van der Waals surface area contributed by atoms with E-state index in [2.05, 4.69) is 22.4 Å². The van der Waals surface area contributed by atoms with Crippen LogP contribution < -0.4 is 5.32 Å². The maximum atomic E-state index is 13.4. The maximum absolute atomic E-state index is 13.4. The predicted molar refractivity (Wildman–Crippen MR) is 100 cm³/mol. The van der Waals surface area contributed by atoms with Crippen LogP contribution in [0.3, 0.4) is 0 Å². The largest absolute Gasteiger partial charge is 0.334 e. The van der Waals surface area contributed by atoms with Crippen molar-refractivity contribution < 1.29 is 4.79 Å². The molecule has 1 unspecified atom stereocenters. The summed E-state index contributed by atoms with van der Waals surface area (Å²) in [5, 5.41) is 11.6. The molecule has 1 amide bonds. The summed E-state index contributed by atoms with van der Waals surface area (Å²) >= 11 is 0. The van der Waals surface area contributed by atoms with E-state index in [0.29, 0.717) is 6.54 Å². The quantitative estimate of drug-likeness (QED) is 0.838. The van der Waals surface area contributed by atoms with Crippen LogP contribution in [0.5, 0.6) is 0 Å². The van der Waals surface area contributed by atoms with Crippen LogP contribution >= 0.6 is 0 Å². The molecule has 2 N–H and O–H groups in total. The van der Waals surface area contributed by atoms with Gasteiger partial charge >= 0.3 is 0 Å². The van der Waals surface area contributed by atoms with E-state index >= 15 is 0 Å². The summed E-state index contributed by atoms with van der Waals surface area (Å²) in [7, 11) is 4.03. The van der Waals surface area contributed by atoms with Gasteiger partial charge < -0.3 is 10.2 Å². The Kier molecular flexibility index (Phi) is 5.04. The molecule has 132 valence electrons. The highest BCUT2D eigenvalue weighted by atomic mass is 16.2. The fourth-order valence-electron chi connectivity index (χ4n) is 3.50. The number of rotatable bonds is 6. The third-order valence-electron chi connectivity index (χ3n) is 4.76. The lowest BCUT2D eigenvalue weighted by Gasteiger charge is -2.30. The van der Waals surface area contributed by atoms with Crippen LogP contribution in [0, 0.1) is 5.41 Å². The first-order chi connectivity index (χ1) is 12.1. The van der Waals surface area contributed by atoms with Gasteiger partial charge in [-0.25, -0.2) is 0 Å². The van der Waals surface area contributed by atoms with Crippen molar-refractivity contribution in [2.75, 3.05) is 27.2 Å². The smallest absolute Gasteiger partial charge is 0.264 e. The minimum atomic E-state index is -0.979. The van der Waals surface area contributed by atoms with Crippen LogP contribution in [0.4, 0.5) is 0 Å². The Morgan fingerprint density at radius 1 is 1.24 bits per heavy atom. The Morgan fingerprint density at radius 3 is 2.64 bits per heavy atom. The number of nitrogens with one attached hydrogen (secondary N) is 2. The summed E-state index contributed by atoms with van der Waals surface area (Å²) in [5.41, 5.74) is 0.848. The Labute approximate surface area is 149 Å². The van der Waals surface area contributed by atoms with Crippen molar-refractivity contribution in [3.8, 4) is 0 Å². The van der Waals surface area contributed by atoms with Gasteiger partial charge in [-0.05, 0) is 51.0 Å². The van der Waals surface area contributed by atoms with Crippen LogP contribution in [-0.4, -0.2) is 48.9 Å². The first-order valence-electron chi connectivity index (χ1n) is 8.82. The molecule has 0 radical (unpaired) electrons.